The van der Waals surface area contributed by atoms with Crippen LogP contribution in [0.1, 0.15) is 36.8 Å². The fourth-order valence-electron chi connectivity index (χ4n) is 3.38. The second-order valence-corrected chi connectivity index (χ2v) is 6.68. The van der Waals surface area contributed by atoms with Gasteiger partial charge >= 0.3 is 0 Å². The highest BCUT2D eigenvalue weighted by Crippen LogP contribution is 2.09. The molecule has 1 N–H and O–H groups in total. The van der Waals surface area contributed by atoms with E-state index in [2.05, 4.69) is 51.2 Å². The van der Waals surface area contributed by atoms with Crippen molar-refractivity contribution in [3.8, 4) is 11.8 Å². The van der Waals surface area contributed by atoms with Crippen molar-refractivity contribution in [1.29, 1.82) is 0 Å². The third-order valence-corrected chi connectivity index (χ3v) is 4.80. The van der Waals surface area contributed by atoms with Gasteiger partial charge in [-0.15, -0.1) is 0 Å². The molecule has 2 saturated heterocycles. The van der Waals surface area contributed by atoms with Gasteiger partial charge in [-0.25, -0.2) is 0 Å². The molecule has 1 aromatic carbocycles. The van der Waals surface area contributed by atoms with E-state index in [0.717, 1.165) is 51.3 Å². The van der Waals surface area contributed by atoms with E-state index in [1.165, 1.54) is 37.9 Å². The lowest BCUT2D eigenvalue weighted by Crippen LogP contribution is -2.42. The first-order valence-electron chi connectivity index (χ1n) is 9.13. The van der Waals surface area contributed by atoms with Gasteiger partial charge in [0.2, 0.25) is 0 Å². The fourth-order valence-corrected chi connectivity index (χ4v) is 3.38. The molecule has 0 unspecified atom stereocenters. The van der Waals surface area contributed by atoms with Crippen LogP contribution < -0.4 is 5.32 Å². The minimum absolute atomic E-state index is 0.989. The van der Waals surface area contributed by atoms with Crippen LogP contribution in [-0.2, 0) is 6.54 Å². The lowest BCUT2D eigenvalue weighted by atomic mass is 10.1. The monoisotopic (exact) mass is 311 g/mol. The summed E-state index contributed by atoms with van der Waals surface area (Å²) < 4.78 is 0. The average molecular weight is 311 g/mol. The molecule has 1 aromatic rings. The summed E-state index contributed by atoms with van der Waals surface area (Å²) in [5.74, 6) is 6.65. The summed E-state index contributed by atoms with van der Waals surface area (Å²) >= 11 is 0. The number of nitrogens with zero attached hydrogens (tertiary/aromatic N) is 2. The molecule has 2 aliphatic heterocycles. The Morgan fingerprint density at radius 2 is 1.61 bits per heavy atom. The molecule has 0 radical (unpaired) electrons. The molecule has 2 fully saturated rings. The van der Waals surface area contributed by atoms with Crippen LogP contribution in [0.3, 0.4) is 0 Å². The fraction of sp³-hybridized carbons (Fsp3) is 0.600. The van der Waals surface area contributed by atoms with E-state index in [0.29, 0.717) is 0 Å². The first-order valence-corrected chi connectivity index (χ1v) is 9.13. The van der Waals surface area contributed by atoms with E-state index < -0.39 is 0 Å². The second kappa shape index (κ2) is 9.08. The molecular formula is C20H29N3. The van der Waals surface area contributed by atoms with Crippen LogP contribution in [0.5, 0.6) is 0 Å². The highest BCUT2D eigenvalue weighted by Gasteiger charge is 2.09. The average Bonchev–Trinajstić information content (AvgIpc) is 2.62. The number of piperidine rings is 1. The number of nitrogens with one attached hydrogen (secondary N) is 1. The summed E-state index contributed by atoms with van der Waals surface area (Å²) in [6.45, 7) is 9.25. The van der Waals surface area contributed by atoms with Crippen molar-refractivity contribution in [1.82, 2.24) is 15.1 Å². The molecule has 3 nitrogen and oxygen atoms in total. The minimum atomic E-state index is 0.989. The van der Waals surface area contributed by atoms with E-state index >= 15 is 0 Å². The number of benzene rings is 1. The van der Waals surface area contributed by atoms with Crippen molar-refractivity contribution in [3.05, 3.63) is 35.4 Å². The largest absolute Gasteiger partial charge is 0.314 e. The van der Waals surface area contributed by atoms with Gasteiger partial charge in [-0.05, 0) is 43.6 Å². The molecule has 0 aliphatic carbocycles. The van der Waals surface area contributed by atoms with Crippen LogP contribution in [0.2, 0.25) is 0 Å². The summed E-state index contributed by atoms with van der Waals surface area (Å²) in [5, 5.41) is 3.40. The summed E-state index contributed by atoms with van der Waals surface area (Å²) in [5.41, 5.74) is 2.54. The summed E-state index contributed by atoms with van der Waals surface area (Å²) in [7, 11) is 0. The SMILES string of the molecule is C(#Cc1ccc(CN2CCNCC2)cc1)CCN1CCCCC1. The second-order valence-electron chi connectivity index (χ2n) is 6.68. The van der Waals surface area contributed by atoms with E-state index in [1.807, 2.05) is 0 Å². The molecular weight excluding hydrogens is 282 g/mol. The quantitative estimate of drug-likeness (QED) is 0.861. The highest BCUT2D eigenvalue weighted by atomic mass is 15.2. The van der Waals surface area contributed by atoms with Crippen LogP contribution in [0.4, 0.5) is 0 Å². The Bertz CT molecular complexity index is 514. The molecule has 0 aromatic heterocycles. The van der Waals surface area contributed by atoms with Crippen LogP contribution >= 0.6 is 0 Å². The topological polar surface area (TPSA) is 18.5 Å². The smallest absolute Gasteiger partial charge is 0.0245 e. The molecule has 0 amide bonds. The zero-order valence-corrected chi connectivity index (χ0v) is 14.2. The minimum Gasteiger partial charge on any atom is -0.314 e. The lowest BCUT2D eigenvalue weighted by molar-refractivity contribution is 0.233. The number of likely N-dealkylation sites (tertiary alicyclic amines) is 1. The summed E-state index contributed by atoms with van der Waals surface area (Å²) in [6, 6.07) is 8.81. The molecule has 3 heteroatoms. The van der Waals surface area contributed by atoms with Crippen molar-refractivity contribution >= 4 is 0 Å². The van der Waals surface area contributed by atoms with Crippen molar-refractivity contribution in [2.75, 3.05) is 45.8 Å². The molecule has 0 spiro atoms. The Labute approximate surface area is 141 Å². The zero-order valence-electron chi connectivity index (χ0n) is 14.2. The number of hydrogen-bond donors (Lipinski definition) is 1. The van der Waals surface area contributed by atoms with Crippen LogP contribution in [-0.4, -0.2) is 55.6 Å². The van der Waals surface area contributed by atoms with E-state index in [9.17, 15) is 0 Å². The summed E-state index contributed by atoms with van der Waals surface area (Å²) in [4.78, 5) is 5.06. The van der Waals surface area contributed by atoms with Gasteiger partial charge in [0.1, 0.15) is 0 Å². The Morgan fingerprint density at radius 3 is 2.35 bits per heavy atom. The molecule has 0 saturated carbocycles. The van der Waals surface area contributed by atoms with Gasteiger partial charge < -0.3 is 10.2 Å². The standard InChI is InChI=1S/C20H29N3/c1-3-13-22(14-4-1)15-5-2-6-19-7-9-20(10-8-19)18-23-16-11-21-12-17-23/h7-10,21H,1,3-5,11-18H2. The summed E-state index contributed by atoms with van der Waals surface area (Å²) in [6.07, 6.45) is 5.12. The predicted molar refractivity (Wildman–Crippen MR) is 96.4 cm³/mol. The van der Waals surface area contributed by atoms with E-state index in [-0.39, 0.29) is 0 Å². The van der Waals surface area contributed by atoms with Gasteiger partial charge in [0.05, 0.1) is 0 Å². The Kier molecular flexibility index (Phi) is 6.52. The molecule has 2 aliphatic rings. The van der Waals surface area contributed by atoms with Crippen LogP contribution in [0.15, 0.2) is 24.3 Å². The lowest BCUT2D eigenvalue weighted by Gasteiger charge is -2.27. The number of piperazine rings is 1. The van der Waals surface area contributed by atoms with E-state index in [4.69, 9.17) is 0 Å². The van der Waals surface area contributed by atoms with Gasteiger partial charge in [-0.2, -0.15) is 0 Å². The molecule has 3 rings (SSSR count). The molecule has 0 bridgehead atoms. The van der Waals surface area contributed by atoms with E-state index in [1.54, 1.807) is 0 Å². The maximum Gasteiger partial charge on any atom is 0.0245 e. The Balaban J connectivity index is 1.42. The molecule has 0 atom stereocenters. The van der Waals surface area contributed by atoms with Crippen LogP contribution in [0, 0.1) is 11.8 Å². The maximum absolute atomic E-state index is 3.40. The predicted octanol–water partition coefficient (Wildman–Crippen LogP) is 2.32. The van der Waals surface area contributed by atoms with Gasteiger partial charge in [0.15, 0.2) is 0 Å². The molecule has 2 heterocycles. The van der Waals surface area contributed by atoms with Gasteiger partial charge in [0, 0.05) is 51.3 Å². The van der Waals surface area contributed by atoms with Gasteiger partial charge in [-0.3, -0.25) is 4.90 Å². The van der Waals surface area contributed by atoms with Crippen molar-refractivity contribution < 1.29 is 0 Å². The Morgan fingerprint density at radius 1 is 0.870 bits per heavy atom. The normalized spacial score (nSPS) is 20.0. The number of rotatable bonds is 4. The van der Waals surface area contributed by atoms with Gasteiger partial charge in [0.25, 0.3) is 0 Å². The third-order valence-electron chi connectivity index (χ3n) is 4.80. The van der Waals surface area contributed by atoms with Crippen molar-refractivity contribution in [2.45, 2.75) is 32.2 Å². The van der Waals surface area contributed by atoms with Crippen LogP contribution in [0.25, 0.3) is 0 Å². The Hall–Kier alpha value is -1.34. The number of hydrogen-bond acceptors (Lipinski definition) is 3. The first kappa shape index (κ1) is 16.5. The van der Waals surface area contributed by atoms with Crippen molar-refractivity contribution in [2.24, 2.45) is 0 Å². The van der Waals surface area contributed by atoms with Gasteiger partial charge in [-0.1, -0.05) is 30.4 Å². The first-order chi connectivity index (χ1) is 11.4. The zero-order chi connectivity index (χ0) is 15.7. The van der Waals surface area contributed by atoms with Crippen molar-refractivity contribution in [3.63, 3.8) is 0 Å². The highest BCUT2D eigenvalue weighted by molar-refractivity contribution is 5.36. The molecule has 124 valence electrons. The molecule has 23 heavy (non-hydrogen) atoms. The maximum atomic E-state index is 3.40. The third kappa shape index (κ3) is 5.66.